The number of hydrogen-bond acceptors (Lipinski definition) is 4. The van der Waals surface area contributed by atoms with Gasteiger partial charge in [0.05, 0.1) is 18.8 Å². The van der Waals surface area contributed by atoms with E-state index in [-0.39, 0.29) is 17.6 Å². The highest BCUT2D eigenvalue weighted by molar-refractivity contribution is 5.94. The molecule has 0 aliphatic carbocycles. The zero-order chi connectivity index (χ0) is 15.9. The average Bonchev–Trinajstić information content (AvgIpc) is 2.94. The zero-order valence-corrected chi connectivity index (χ0v) is 13.6. The molecule has 0 bridgehead atoms. The van der Waals surface area contributed by atoms with E-state index in [0.717, 1.165) is 49.2 Å². The van der Waals surface area contributed by atoms with Gasteiger partial charge in [-0.15, -0.1) is 0 Å². The summed E-state index contributed by atoms with van der Waals surface area (Å²) in [5, 5.41) is 3.37. The molecular formula is C18H24N2O3. The summed E-state index contributed by atoms with van der Waals surface area (Å²) >= 11 is 0. The predicted octanol–water partition coefficient (Wildman–Crippen LogP) is 1.60. The molecular weight excluding hydrogens is 292 g/mol. The smallest absolute Gasteiger partial charge is 0.254 e. The third kappa shape index (κ3) is 2.83. The number of carbonyl (C=O) groups excluding carboxylic acids is 1. The number of hydrogen-bond donors (Lipinski definition) is 1. The van der Waals surface area contributed by atoms with E-state index in [4.69, 9.17) is 9.47 Å². The summed E-state index contributed by atoms with van der Waals surface area (Å²) in [5.41, 5.74) is 1.77. The van der Waals surface area contributed by atoms with Crippen LogP contribution in [0.5, 0.6) is 5.75 Å². The van der Waals surface area contributed by atoms with Gasteiger partial charge in [0, 0.05) is 18.5 Å². The van der Waals surface area contributed by atoms with Crippen LogP contribution in [0.25, 0.3) is 0 Å². The van der Waals surface area contributed by atoms with Crippen LogP contribution in [0.4, 0.5) is 0 Å². The molecule has 2 fully saturated rings. The van der Waals surface area contributed by atoms with Crippen molar-refractivity contribution in [1.29, 1.82) is 0 Å². The van der Waals surface area contributed by atoms with Gasteiger partial charge < -0.3 is 19.7 Å². The van der Waals surface area contributed by atoms with Crippen molar-refractivity contribution < 1.29 is 14.3 Å². The van der Waals surface area contributed by atoms with Crippen LogP contribution in [0.1, 0.15) is 35.7 Å². The number of rotatable bonds is 1. The van der Waals surface area contributed by atoms with Gasteiger partial charge in [-0.2, -0.15) is 0 Å². The summed E-state index contributed by atoms with van der Waals surface area (Å²) in [7, 11) is 0. The second-order valence-corrected chi connectivity index (χ2v) is 6.96. The Kier molecular flexibility index (Phi) is 3.77. The lowest BCUT2D eigenvalue weighted by Gasteiger charge is -2.45. The summed E-state index contributed by atoms with van der Waals surface area (Å²) < 4.78 is 11.8. The van der Waals surface area contributed by atoms with Crippen LogP contribution in [-0.4, -0.2) is 55.3 Å². The minimum absolute atomic E-state index is 0.119. The molecule has 3 aliphatic rings. The van der Waals surface area contributed by atoms with Crippen molar-refractivity contribution in [2.75, 3.05) is 32.8 Å². The minimum atomic E-state index is -0.145. The van der Waals surface area contributed by atoms with Crippen molar-refractivity contribution in [2.45, 2.75) is 37.9 Å². The number of piperidine rings is 1. The molecule has 23 heavy (non-hydrogen) atoms. The third-order valence-electron chi connectivity index (χ3n) is 5.19. The van der Waals surface area contributed by atoms with Gasteiger partial charge in [-0.25, -0.2) is 0 Å². The van der Waals surface area contributed by atoms with Crippen molar-refractivity contribution in [1.82, 2.24) is 10.2 Å². The van der Waals surface area contributed by atoms with Crippen molar-refractivity contribution in [3.63, 3.8) is 0 Å². The molecule has 3 heterocycles. The Morgan fingerprint density at radius 1 is 1.35 bits per heavy atom. The van der Waals surface area contributed by atoms with Crippen LogP contribution in [0.15, 0.2) is 18.2 Å². The molecule has 1 unspecified atom stereocenters. The summed E-state index contributed by atoms with van der Waals surface area (Å²) in [6, 6.07) is 5.84. The average molecular weight is 316 g/mol. The number of ether oxygens (including phenoxy) is 2. The molecule has 0 aromatic heterocycles. The third-order valence-corrected chi connectivity index (χ3v) is 5.19. The van der Waals surface area contributed by atoms with E-state index in [0.29, 0.717) is 19.7 Å². The van der Waals surface area contributed by atoms with E-state index in [1.165, 1.54) is 0 Å². The first-order valence-electron chi connectivity index (χ1n) is 8.59. The molecule has 1 atom stereocenters. The van der Waals surface area contributed by atoms with E-state index >= 15 is 0 Å². The first kappa shape index (κ1) is 15.0. The fraction of sp³-hybridized carbons (Fsp3) is 0.611. The number of carbonyl (C=O) groups is 1. The van der Waals surface area contributed by atoms with E-state index < -0.39 is 0 Å². The molecule has 3 aliphatic heterocycles. The van der Waals surface area contributed by atoms with E-state index in [1.54, 1.807) is 0 Å². The number of nitrogens with zero attached hydrogens (tertiary/aromatic N) is 1. The monoisotopic (exact) mass is 316 g/mol. The topological polar surface area (TPSA) is 50.8 Å². The van der Waals surface area contributed by atoms with Gasteiger partial charge in [-0.1, -0.05) is 0 Å². The van der Waals surface area contributed by atoms with Gasteiger partial charge in [-0.3, -0.25) is 4.79 Å². The van der Waals surface area contributed by atoms with Crippen LogP contribution < -0.4 is 10.1 Å². The Hall–Kier alpha value is -1.59. The molecule has 1 aromatic carbocycles. The second kappa shape index (κ2) is 5.80. The van der Waals surface area contributed by atoms with Crippen molar-refractivity contribution in [3.8, 4) is 5.75 Å². The minimum Gasteiger partial charge on any atom is -0.490 e. The second-order valence-electron chi connectivity index (χ2n) is 6.96. The lowest BCUT2D eigenvalue weighted by atomic mass is 9.90. The van der Waals surface area contributed by atoms with Crippen molar-refractivity contribution in [3.05, 3.63) is 29.3 Å². The molecule has 0 saturated carbocycles. The lowest BCUT2D eigenvalue weighted by Crippen LogP contribution is -2.57. The number of nitrogens with one attached hydrogen (secondary N) is 1. The summed E-state index contributed by atoms with van der Waals surface area (Å²) in [4.78, 5) is 14.9. The molecule has 1 amide bonds. The molecule has 5 nitrogen and oxygen atoms in total. The molecule has 5 heteroatoms. The number of fused-ring (bicyclic) bond motifs is 1. The molecule has 2 saturated heterocycles. The maximum atomic E-state index is 12.9. The Balaban J connectivity index is 1.51. The Morgan fingerprint density at radius 3 is 3.00 bits per heavy atom. The number of morpholine rings is 1. The molecule has 1 N–H and O–H groups in total. The Labute approximate surface area is 136 Å². The fourth-order valence-electron chi connectivity index (χ4n) is 3.94. The molecule has 0 radical (unpaired) electrons. The normalized spacial score (nSPS) is 26.0. The van der Waals surface area contributed by atoms with Crippen LogP contribution >= 0.6 is 0 Å². The lowest BCUT2D eigenvalue weighted by molar-refractivity contribution is -0.114. The van der Waals surface area contributed by atoms with Gasteiger partial charge in [0.25, 0.3) is 5.91 Å². The predicted molar refractivity (Wildman–Crippen MR) is 86.9 cm³/mol. The zero-order valence-electron chi connectivity index (χ0n) is 13.6. The quantitative estimate of drug-likeness (QED) is 0.855. The van der Waals surface area contributed by atoms with Crippen LogP contribution in [-0.2, 0) is 11.2 Å². The Bertz CT molecular complexity index is 605. The van der Waals surface area contributed by atoms with E-state index in [1.807, 2.05) is 23.1 Å². The van der Waals surface area contributed by atoms with Gasteiger partial charge in [0.2, 0.25) is 0 Å². The number of amides is 1. The highest BCUT2D eigenvalue weighted by Crippen LogP contribution is 2.31. The highest BCUT2D eigenvalue weighted by atomic mass is 16.5. The maximum Gasteiger partial charge on any atom is 0.254 e. The van der Waals surface area contributed by atoms with E-state index in [9.17, 15) is 4.79 Å². The highest BCUT2D eigenvalue weighted by Gasteiger charge is 2.39. The SMILES string of the molecule is CC1Cc2cc(C(=O)N3CCOC4(CCNCC4)C3)ccc2O1. The largest absolute Gasteiger partial charge is 0.490 e. The van der Waals surface area contributed by atoms with E-state index in [2.05, 4.69) is 12.2 Å². The van der Waals surface area contributed by atoms with Gasteiger partial charge in [0.15, 0.2) is 0 Å². The van der Waals surface area contributed by atoms with Gasteiger partial charge >= 0.3 is 0 Å². The van der Waals surface area contributed by atoms with Crippen LogP contribution in [0, 0.1) is 0 Å². The van der Waals surface area contributed by atoms with Gasteiger partial charge in [-0.05, 0) is 56.6 Å². The summed E-state index contributed by atoms with van der Waals surface area (Å²) in [6.07, 6.45) is 3.05. The molecule has 124 valence electrons. The fourth-order valence-corrected chi connectivity index (χ4v) is 3.94. The Morgan fingerprint density at radius 2 is 2.17 bits per heavy atom. The standard InChI is InChI=1S/C18H24N2O3/c1-13-10-15-11-14(2-3-16(15)23-13)17(21)20-8-9-22-18(12-20)4-6-19-7-5-18/h2-3,11,13,19H,4-10,12H2,1H3. The molecule has 1 aromatic rings. The summed E-state index contributed by atoms with van der Waals surface area (Å²) in [5.74, 6) is 1.04. The first-order chi connectivity index (χ1) is 11.2. The molecule has 4 rings (SSSR count). The molecule has 1 spiro atoms. The first-order valence-corrected chi connectivity index (χ1v) is 8.59. The van der Waals surface area contributed by atoms with Crippen molar-refractivity contribution in [2.24, 2.45) is 0 Å². The maximum absolute atomic E-state index is 12.9. The van der Waals surface area contributed by atoms with Crippen LogP contribution in [0.2, 0.25) is 0 Å². The number of benzene rings is 1. The van der Waals surface area contributed by atoms with Crippen LogP contribution in [0.3, 0.4) is 0 Å². The van der Waals surface area contributed by atoms with Gasteiger partial charge in [0.1, 0.15) is 11.9 Å². The summed E-state index contributed by atoms with van der Waals surface area (Å²) in [6.45, 7) is 6.02. The van der Waals surface area contributed by atoms with Crippen molar-refractivity contribution >= 4 is 5.91 Å².